The average molecular weight is 243 g/mol. The van der Waals surface area contributed by atoms with E-state index in [1.165, 1.54) is 6.42 Å². The fourth-order valence-electron chi connectivity index (χ4n) is 2.98. The fourth-order valence-corrected chi connectivity index (χ4v) is 2.98. The van der Waals surface area contributed by atoms with Gasteiger partial charge in [-0.2, -0.15) is 5.26 Å². The van der Waals surface area contributed by atoms with Gasteiger partial charge in [-0.1, -0.05) is 43.0 Å². The van der Waals surface area contributed by atoms with Crippen molar-refractivity contribution < 1.29 is 5.11 Å². The molecule has 0 aliphatic heterocycles. The second-order valence-electron chi connectivity index (χ2n) is 5.59. The summed E-state index contributed by atoms with van der Waals surface area (Å²) in [6.45, 7) is 4.03. The van der Waals surface area contributed by atoms with Gasteiger partial charge in [-0.05, 0) is 37.8 Å². The van der Waals surface area contributed by atoms with Crippen molar-refractivity contribution in [2.24, 2.45) is 5.41 Å². The van der Waals surface area contributed by atoms with E-state index < -0.39 is 11.5 Å². The fraction of sp³-hybridized carbons (Fsp3) is 0.562. The van der Waals surface area contributed by atoms with Crippen LogP contribution in [0, 0.1) is 30.6 Å². The Hall–Kier alpha value is -1.33. The van der Waals surface area contributed by atoms with E-state index in [1.54, 1.807) is 0 Å². The first kappa shape index (κ1) is 13.1. The summed E-state index contributed by atoms with van der Waals surface area (Å²) >= 11 is 0. The molecule has 1 fully saturated rings. The lowest BCUT2D eigenvalue weighted by Gasteiger charge is -2.35. The topological polar surface area (TPSA) is 44.0 Å². The molecule has 0 heterocycles. The van der Waals surface area contributed by atoms with E-state index in [4.69, 9.17) is 0 Å². The lowest BCUT2D eigenvalue weighted by Crippen LogP contribution is -2.30. The molecule has 1 N–H and O–H groups in total. The van der Waals surface area contributed by atoms with Crippen molar-refractivity contribution >= 4 is 0 Å². The first-order valence-electron chi connectivity index (χ1n) is 6.75. The molecule has 18 heavy (non-hydrogen) atoms. The molecule has 1 aromatic rings. The second-order valence-corrected chi connectivity index (χ2v) is 5.59. The van der Waals surface area contributed by atoms with Gasteiger partial charge in [0.25, 0.3) is 0 Å². The van der Waals surface area contributed by atoms with Crippen LogP contribution in [0.2, 0.25) is 0 Å². The van der Waals surface area contributed by atoms with Crippen molar-refractivity contribution in [2.45, 2.75) is 52.1 Å². The number of benzene rings is 1. The molecule has 0 radical (unpaired) electrons. The minimum absolute atomic E-state index is 0.573. The molecule has 2 heteroatoms. The van der Waals surface area contributed by atoms with Crippen LogP contribution < -0.4 is 0 Å². The van der Waals surface area contributed by atoms with E-state index >= 15 is 0 Å². The highest BCUT2D eigenvalue weighted by molar-refractivity contribution is 5.34. The van der Waals surface area contributed by atoms with E-state index in [-0.39, 0.29) is 0 Å². The van der Waals surface area contributed by atoms with Gasteiger partial charge < -0.3 is 5.11 Å². The number of aryl methyl sites for hydroxylation is 2. The van der Waals surface area contributed by atoms with Crippen molar-refractivity contribution in [3.63, 3.8) is 0 Å². The van der Waals surface area contributed by atoms with Crippen LogP contribution >= 0.6 is 0 Å². The smallest absolute Gasteiger partial charge is 0.0978 e. The summed E-state index contributed by atoms with van der Waals surface area (Å²) in [6, 6.07) is 8.51. The maximum atomic E-state index is 10.7. The monoisotopic (exact) mass is 243 g/mol. The van der Waals surface area contributed by atoms with E-state index in [1.807, 2.05) is 32.0 Å². The molecule has 1 saturated carbocycles. The summed E-state index contributed by atoms with van der Waals surface area (Å²) in [5.74, 6) is 0. The molecule has 2 nitrogen and oxygen atoms in total. The Labute approximate surface area is 109 Å². The number of rotatable bonds is 2. The van der Waals surface area contributed by atoms with Crippen LogP contribution in [0.5, 0.6) is 0 Å². The third-order valence-corrected chi connectivity index (χ3v) is 4.22. The van der Waals surface area contributed by atoms with Crippen LogP contribution in [0.25, 0.3) is 0 Å². The first-order valence-corrected chi connectivity index (χ1v) is 6.75. The predicted octanol–water partition coefficient (Wildman–Crippen LogP) is 3.81. The van der Waals surface area contributed by atoms with Crippen LogP contribution in [0.15, 0.2) is 18.2 Å². The lowest BCUT2D eigenvalue weighted by atomic mass is 9.69. The zero-order valence-electron chi connectivity index (χ0n) is 11.2. The maximum absolute atomic E-state index is 10.7. The van der Waals surface area contributed by atoms with Crippen molar-refractivity contribution in [2.75, 3.05) is 0 Å². The third kappa shape index (κ3) is 2.28. The molecule has 1 aliphatic carbocycles. The Bertz CT molecular complexity index is 466. The summed E-state index contributed by atoms with van der Waals surface area (Å²) in [6.07, 6.45) is 4.27. The minimum Gasteiger partial charge on any atom is -0.387 e. The highest BCUT2D eigenvalue weighted by Gasteiger charge is 2.40. The van der Waals surface area contributed by atoms with Crippen LogP contribution in [0.4, 0.5) is 0 Å². The molecule has 0 spiro atoms. The van der Waals surface area contributed by atoms with Crippen LogP contribution in [0.3, 0.4) is 0 Å². The molecule has 0 saturated heterocycles. The number of hydrogen-bond acceptors (Lipinski definition) is 2. The molecule has 0 aromatic heterocycles. The first-order chi connectivity index (χ1) is 8.59. The molecular weight excluding hydrogens is 222 g/mol. The molecule has 1 aromatic carbocycles. The van der Waals surface area contributed by atoms with Gasteiger partial charge in [-0.25, -0.2) is 0 Å². The summed E-state index contributed by atoms with van der Waals surface area (Å²) < 4.78 is 0. The molecular formula is C16H21NO. The average Bonchev–Trinajstić information content (AvgIpc) is 2.41. The van der Waals surface area contributed by atoms with Crippen LogP contribution in [-0.4, -0.2) is 5.11 Å². The molecule has 0 bridgehead atoms. The molecule has 2 rings (SSSR count). The Morgan fingerprint density at radius 3 is 2.50 bits per heavy atom. The summed E-state index contributed by atoms with van der Waals surface area (Å²) in [4.78, 5) is 0. The van der Waals surface area contributed by atoms with E-state index in [0.717, 1.165) is 42.4 Å². The van der Waals surface area contributed by atoms with E-state index in [9.17, 15) is 10.4 Å². The SMILES string of the molecule is Cc1ccc(C)c(C(O)C2(C#N)CCCCC2)c1. The highest BCUT2D eigenvalue weighted by atomic mass is 16.3. The van der Waals surface area contributed by atoms with Crippen LogP contribution in [-0.2, 0) is 0 Å². The van der Waals surface area contributed by atoms with Gasteiger partial charge in [0.1, 0.15) is 0 Å². The molecule has 1 unspecified atom stereocenters. The Balaban J connectivity index is 2.37. The number of hydrogen-bond donors (Lipinski definition) is 1. The molecule has 0 amide bonds. The van der Waals surface area contributed by atoms with Gasteiger partial charge in [0, 0.05) is 0 Å². The number of aliphatic hydroxyl groups is 1. The Morgan fingerprint density at radius 2 is 1.89 bits per heavy atom. The number of nitrogens with zero attached hydrogens (tertiary/aromatic N) is 1. The maximum Gasteiger partial charge on any atom is 0.0978 e. The largest absolute Gasteiger partial charge is 0.387 e. The van der Waals surface area contributed by atoms with Crippen molar-refractivity contribution in [1.29, 1.82) is 5.26 Å². The molecule has 1 aliphatic rings. The zero-order valence-corrected chi connectivity index (χ0v) is 11.2. The Kier molecular flexibility index (Phi) is 3.73. The summed E-state index contributed by atoms with van der Waals surface area (Å²) in [5.41, 5.74) is 2.57. The molecule has 96 valence electrons. The van der Waals surface area contributed by atoms with Gasteiger partial charge >= 0.3 is 0 Å². The lowest BCUT2D eigenvalue weighted by molar-refractivity contribution is 0.0355. The highest BCUT2D eigenvalue weighted by Crippen LogP contribution is 2.46. The van der Waals surface area contributed by atoms with Crippen molar-refractivity contribution in [3.8, 4) is 6.07 Å². The van der Waals surface area contributed by atoms with Gasteiger partial charge in [-0.15, -0.1) is 0 Å². The number of aliphatic hydroxyl groups excluding tert-OH is 1. The van der Waals surface area contributed by atoms with Crippen LogP contribution in [0.1, 0.15) is 54.9 Å². The normalized spacial score (nSPS) is 20.1. The Morgan fingerprint density at radius 1 is 1.22 bits per heavy atom. The van der Waals surface area contributed by atoms with Crippen molar-refractivity contribution in [1.82, 2.24) is 0 Å². The standard InChI is InChI=1S/C16H21NO/c1-12-6-7-13(2)14(10-12)15(18)16(11-17)8-4-3-5-9-16/h6-7,10,15,18H,3-5,8-9H2,1-2H3. The van der Waals surface area contributed by atoms with Gasteiger partial charge in [-0.3, -0.25) is 0 Å². The zero-order chi connectivity index (χ0) is 13.2. The van der Waals surface area contributed by atoms with E-state index in [0.29, 0.717) is 0 Å². The van der Waals surface area contributed by atoms with E-state index in [2.05, 4.69) is 6.07 Å². The van der Waals surface area contributed by atoms with Gasteiger partial charge in [0.2, 0.25) is 0 Å². The molecule has 1 atom stereocenters. The third-order valence-electron chi connectivity index (χ3n) is 4.22. The minimum atomic E-state index is -0.650. The van der Waals surface area contributed by atoms with Gasteiger partial charge in [0.05, 0.1) is 17.6 Å². The van der Waals surface area contributed by atoms with Crippen molar-refractivity contribution in [3.05, 3.63) is 34.9 Å². The second kappa shape index (κ2) is 5.12. The summed E-state index contributed by atoms with van der Waals surface area (Å²) in [5, 5.41) is 20.2. The predicted molar refractivity (Wildman–Crippen MR) is 72.0 cm³/mol. The van der Waals surface area contributed by atoms with Gasteiger partial charge in [0.15, 0.2) is 0 Å². The quantitative estimate of drug-likeness (QED) is 0.858. The summed E-state index contributed by atoms with van der Waals surface area (Å²) in [7, 11) is 0. The number of nitriles is 1.